The predicted octanol–water partition coefficient (Wildman–Crippen LogP) is 3.87. The number of rotatable bonds is 9. The number of benzene rings is 2. The number of carbonyl (C=O) groups is 1. The second kappa shape index (κ2) is 11.1. The third-order valence-corrected chi connectivity index (χ3v) is 8.41. The Morgan fingerprint density at radius 2 is 1.68 bits per heavy atom. The smallest absolute Gasteiger partial charge is 0.251 e. The van der Waals surface area contributed by atoms with Crippen LogP contribution in [0.5, 0.6) is 0 Å². The van der Waals surface area contributed by atoms with Gasteiger partial charge in [0.25, 0.3) is 5.91 Å². The highest BCUT2D eigenvalue weighted by Crippen LogP contribution is 2.48. The van der Waals surface area contributed by atoms with Crippen LogP contribution >= 0.6 is 0 Å². The molecule has 1 heterocycles. The zero-order valence-corrected chi connectivity index (χ0v) is 22.5. The van der Waals surface area contributed by atoms with Crippen molar-refractivity contribution in [1.82, 2.24) is 31.3 Å². The highest BCUT2D eigenvalue weighted by molar-refractivity contribution is 5.94. The maximum absolute atomic E-state index is 12.8. The van der Waals surface area contributed by atoms with Gasteiger partial charge < -0.3 is 16.4 Å². The number of aromatic nitrogens is 4. The van der Waals surface area contributed by atoms with Crippen LogP contribution in [0.4, 0.5) is 0 Å². The summed E-state index contributed by atoms with van der Waals surface area (Å²) in [6.07, 6.45) is 7.06. The molecule has 1 aromatic heterocycles. The number of amides is 1. The third kappa shape index (κ3) is 4.73. The molecular weight excluding hydrogens is 474 g/mol. The lowest BCUT2D eigenvalue weighted by Gasteiger charge is -2.37. The Kier molecular flexibility index (Phi) is 7.61. The van der Waals surface area contributed by atoms with Gasteiger partial charge in [-0.1, -0.05) is 42.8 Å². The summed E-state index contributed by atoms with van der Waals surface area (Å²) in [4.78, 5) is 12.8. The van der Waals surface area contributed by atoms with Gasteiger partial charge in [-0.05, 0) is 97.9 Å². The van der Waals surface area contributed by atoms with Gasteiger partial charge in [0, 0.05) is 30.4 Å². The van der Waals surface area contributed by atoms with Crippen LogP contribution < -0.4 is 16.4 Å². The van der Waals surface area contributed by atoms with Crippen molar-refractivity contribution >= 4 is 11.6 Å². The summed E-state index contributed by atoms with van der Waals surface area (Å²) in [5.74, 6) is 1.03. The van der Waals surface area contributed by atoms with E-state index in [1.807, 2.05) is 19.1 Å². The number of hydrogen-bond donors (Lipinski definition) is 4. The molecule has 1 saturated carbocycles. The zero-order chi connectivity index (χ0) is 26.7. The van der Waals surface area contributed by atoms with Gasteiger partial charge in [0.1, 0.15) is 0 Å². The summed E-state index contributed by atoms with van der Waals surface area (Å²) >= 11 is 0. The lowest BCUT2D eigenvalue weighted by atomic mass is 9.66. The Bertz CT molecular complexity index is 1220. The molecule has 5 rings (SSSR count). The minimum atomic E-state index is -0.687. The van der Waals surface area contributed by atoms with E-state index in [-0.39, 0.29) is 11.9 Å². The van der Waals surface area contributed by atoms with Gasteiger partial charge in [-0.15, -0.1) is 10.2 Å². The van der Waals surface area contributed by atoms with Crippen molar-refractivity contribution in [1.29, 1.82) is 0 Å². The molecule has 8 nitrogen and oxygen atoms in total. The van der Waals surface area contributed by atoms with Crippen molar-refractivity contribution in [3.63, 3.8) is 0 Å². The van der Waals surface area contributed by atoms with Gasteiger partial charge in [-0.3, -0.25) is 4.79 Å². The first kappa shape index (κ1) is 26.1. The normalized spacial score (nSPS) is 19.8. The van der Waals surface area contributed by atoms with Gasteiger partial charge in [-0.25, -0.2) is 0 Å². The van der Waals surface area contributed by atoms with E-state index >= 15 is 0 Å². The molecule has 2 aromatic carbocycles. The van der Waals surface area contributed by atoms with E-state index in [1.54, 1.807) is 0 Å². The first-order valence-corrected chi connectivity index (χ1v) is 14.0. The number of carbonyl (C=O) groups excluding carboxylic acids is 1. The molecule has 2 aliphatic carbocycles. The average molecular weight is 514 g/mol. The van der Waals surface area contributed by atoms with E-state index in [0.29, 0.717) is 30.3 Å². The van der Waals surface area contributed by atoms with Gasteiger partial charge in [-0.2, -0.15) is 5.21 Å². The third-order valence-electron chi connectivity index (χ3n) is 8.41. The van der Waals surface area contributed by atoms with Crippen molar-refractivity contribution in [2.24, 2.45) is 11.7 Å². The first-order valence-electron chi connectivity index (χ1n) is 14.0. The van der Waals surface area contributed by atoms with E-state index < -0.39 is 5.41 Å². The topological polar surface area (TPSA) is 122 Å². The van der Waals surface area contributed by atoms with Crippen molar-refractivity contribution in [3.05, 3.63) is 82.2 Å². The van der Waals surface area contributed by atoms with Crippen LogP contribution in [-0.2, 0) is 18.3 Å². The number of fused-ring (bicyclic) bond motifs is 2. The molecule has 0 spiro atoms. The molecule has 1 amide bonds. The summed E-state index contributed by atoms with van der Waals surface area (Å²) in [6, 6.07) is 12.6. The highest BCUT2D eigenvalue weighted by atomic mass is 16.1. The standard InChI is InChI=1S/C30H39N7O/c1-4-32-19(3)21-12-14-25-22(16-21)10-11-23-17-24(28(38)33-5-2)13-15-26(23)30(25,29-34-36-37-35-29)18-27(31)20-8-6-7-9-20/h12-17,20,27,32H,3-11,18,31H2,1-2H3,(H,33,38)(H,34,35,36,37)/t27-,30?/m0/s1. The Morgan fingerprint density at radius 3 is 2.29 bits per heavy atom. The SMILES string of the molecule is C=C(NCC)c1ccc2c(c1)CCc1cc(C(=O)NCC)ccc1C2(C[C@H](N)C1CCCC1)c1nn[nH]n1. The molecule has 1 unspecified atom stereocenters. The molecule has 5 N–H and O–H groups in total. The molecule has 0 bridgehead atoms. The van der Waals surface area contributed by atoms with Crippen molar-refractivity contribution in [2.45, 2.75) is 70.3 Å². The molecular formula is C30H39N7O. The van der Waals surface area contributed by atoms with Crippen LogP contribution in [0.15, 0.2) is 43.0 Å². The van der Waals surface area contributed by atoms with Crippen LogP contribution in [-0.4, -0.2) is 45.7 Å². The lowest BCUT2D eigenvalue weighted by molar-refractivity contribution is 0.0955. The Hall–Kier alpha value is -3.52. The van der Waals surface area contributed by atoms with E-state index in [1.165, 1.54) is 18.4 Å². The summed E-state index contributed by atoms with van der Waals surface area (Å²) in [5, 5.41) is 22.2. The van der Waals surface area contributed by atoms with E-state index in [4.69, 9.17) is 5.73 Å². The lowest BCUT2D eigenvalue weighted by Crippen LogP contribution is -2.42. The van der Waals surface area contributed by atoms with Crippen LogP contribution in [0.25, 0.3) is 5.70 Å². The zero-order valence-electron chi connectivity index (χ0n) is 22.5. The van der Waals surface area contributed by atoms with E-state index in [0.717, 1.165) is 60.2 Å². The number of nitrogens with two attached hydrogens (primary N) is 1. The summed E-state index contributed by atoms with van der Waals surface area (Å²) in [6.45, 7) is 9.65. The molecule has 200 valence electrons. The fourth-order valence-electron chi connectivity index (χ4n) is 6.56. The van der Waals surface area contributed by atoms with Gasteiger partial charge in [0.05, 0.1) is 5.41 Å². The second-order valence-corrected chi connectivity index (χ2v) is 10.7. The molecule has 2 aliphatic rings. The highest BCUT2D eigenvalue weighted by Gasteiger charge is 2.46. The maximum Gasteiger partial charge on any atom is 0.251 e. The molecule has 38 heavy (non-hydrogen) atoms. The minimum Gasteiger partial charge on any atom is -0.385 e. The molecule has 0 radical (unpaired) electrons. The predicted molar refractivity (Wildman–Crippen MR) is 150 cm³/mol. The monoisotopic (exact) mass is 513 g/mol. The molecule has 0 saturated heterocycles. The first-order chi connectivity index (χ1) is 18.5. The number of aryl methyl sites for hydroxylation is 2. The van der Waals surface area contributed by atoms with Gasteiger partial charge in [0.15, 0.2) is 5.82 Å². The molecule has 8 heteroatoms. The Morgan fingerprint density at radius 1 is 1.05 bits per heavy atom. The Labute approximate surface area is 224 Å². The van der Waals surface area contributed by atoms with E-state index in [2.05, 4.69) is 69.0 Å². The van der Waals surface area contributed by atoms with Crippen LogP contribution in [0.1, 0.15) is 90.0 Å². The molecule has 0 aliphatic heterocycles. The number of nitrogens with one attached hydrogen (secondary N) is 3. The summed E-state index contributed by atoms with van der Waals surface area (Å²) < 4.78 is 0. The number of H-pyrrole nitrogens is 1. The average Bonchev–Trinajstić information content (AvgIpc) is 3.64. The number of hydrogen-bond acceptors (Lipinski definition) is 6. The fourth-order valence-corrected chi connectivity index (χ4v) is 6.56. The van der Waals surface area contributed by atoms with Crippen LogP contribution in [0.3, 0.4) is 0 Å². The quantitative estimate of drug-likeness (QED) is 0.345. The second-order valence-electron chi connectivity index (χ2n) is 10.7. The van der Waals surface area contributed by atoms with Gasteiger partial charge >= 0.3 is 0 Å². The van der Waals surface area contributed by atoms with Crippen LogP contribution in [0, 0.1) is 5.92 Å². The maximum atomic E-state index is 12.8. The van der Waals surface area contributed by atoms with Crippen molar-refractivity contribution < 1.29 is 4.79 Å². The molecule has 3 aromatic rings. The summed E-state index contributed by atoms with van der Waals surface area (Å²) in [5.41, 5.74) is 13.6. The minimum absolute atomic E-state index is 0.0192. The summed E-state index contributed by atoms with van der Waals surface area (Å²) in [7, 11) is 0. The number of nitrogens with zero attached hydrogens (tertiary/aromatic N) is 3. The van der Waals surface area contributed by atoms with E-state index in [9.17, 15) is 4.79 Å². The fraction of sp³-hybridized carbons (Fsp3) is 0.467. The number of aromatic amines is 1. The number of tetrazole rings is 1. The molecule has 2 atom stereocenters. The van der Waals surface area contributed by atoms with Crippen molar-refractivity contribution in [3.8, 4) is 0 Å². The van der Waals surface area contributed by atoms with Gasteiger partial charge in [0.2, 0.25) is 0 Å². The largest absolute Gasteiger partial charge is 0.385 e. The molecule has 1 fully saturated rings. The van der Waals surface area contributed by atoms with Crippen LogP contribution in [0.2, 0.25) is 0 Å². The van der Waals surface area contributed by atoms with Crippen molar-refractivity contribution in [2.75, 3.05) is 13.1 Å². The Balaban J connectivity index is 1.72.